The van der Waals surface area contributed by atoms with Crippen molar-refractivity contribution < 1.29 is 31.1 Å². The second-order valence-electron chi connectivity index (χ2n) is 7.50. The van der Waals surface area contributed by atoms with E-state index in [1.165, 1.54) is 4.90 Å². The van der Waals surface area contributed by atoms with Crippen LogP contribution < -0.4 is 13.9 Å². The van der Waals surface area contributed by atoms with Gasteiger partial charge in [0, 0.05) is 31.9 Å². The van der Waals surface area contributed by atoms with Gasteiger partial charge in [0.15, 0.2) is 0 Å². The highest BCUT2D eigenvalue weighted by molar-refractivity contribution is 7.92. The first-order valence-corrected chi connectivity index (χ1v) is 12.1. The highest BCUT2D eigenvalue weighted by Gasteiger charge is 2.35. The summed E-state index contributed by atoms with van der Waals surface area (Å²) in [4.78, 5) is 16.4. The van der Waals surface area contributed by atoms with Crippen molar-refractivity contribution in [1.82, 2.24) is 4.90 Å². The van der Waals surface area contributed by atoms with Crippen LogP contribution in [0.4, 0.5) is 24.5 Å². The molecule has 1 amide bonds. The maximum atomic E-state index is 13.2. The fourth-order valence-corrected chi connectivity index (χ4v) is 4.58. The summed E-state index contributed by atoms with van der Waals surface area (Å²) in [5, 5.41) is -0.555. The van der Waals surface area contributed by atoms with E-state index < -0.39 is 39.2 Å². The molecule has 180 valence electrons. The van der Waals surface area contributed by atoms with Gasteiger partial charge in [-0.25, -0.2) is 8.42 Å². The number of alkyl halides is 3. The molecule has 0 spiro atoms. The zero-order valence-electron chi connectivity index (χ0n) is 18.0. The number of benzene rings is 2. The second-order valence-corrected chi connectivity index (χ2v) is 9.81. The van der Waals surface area contributed by atoms with E-state index in [2.05, 4.69) is 4.90 Å². The van der Waals surface area contributed by atoms with Gasteiger partial charge < -0.3 is 14.5 Å². The number of carbonyl (C=O) groups excluding carboxylic acids is 1. The van der Waals surface area contributed by atoms with Gasteiger partial charge in [0.1, 0.15) is 12.3 Å². The molecule has 3 rings (SSSR count). The van der Waals surface area contributed by atoms with E-state index in [1.54, 1.807) is 7.11 Å². The molecule has 1 aliphatic heterocycles. The average Bonchev–Trinajstić information content (AvgIpc) is 2.76. The van der Waals surface area contributed by atoms with Crippen molar-refractivity contribution in [1.29, 1.82) is 0 Å². The van der Waals surface area contributed by atoms with E-state index in [-0.39, 0.29) is 5.69 Å². The van der Waals surface area contributed by atoms with Gasteiger partial charge in [0.05, 0.1) is 29.6 Å². The minimum Gasteiger partial charge on any atom is -0.497 e. The summed E-state index contributed by atoms with van der Waals surface area (Å²) in [5.74, 6) is 0.225. The van der Waals surface area contributed by atoms with Crippen LogP contribution in [0.1, 0.15) is 5.56 Å². The molecule has 0 N–H and O–H groups in total. The Morgan fingerprint density at radius 2 is 1.70 bits per heavy atom. The topological polar surface area (TPSA) is 70.2 Å². The molecule has 2 aromatic carbocycles. The molecule has 0 radical (unpaired) electrons. The molecule has 1 fully saturated rings. The van der Waals surface area contributed by atoms with Crippen molar-refractivity contribution in [2.75, 3.05) is 55.3 Å². The predicted octanol–water partition coefficient (Wildman–Crippen LogP) is 3.48. The molecule has 33 heavy (non-hydrogen) atoms. The molecule has 1 aliphatic rings. The van der Waals surface area contributed by atoms with Gasteiger partial charge in [0.25, 0.3) is 0 Å². The third-order valence-corrected chi connectivity index (χ3v) is 6.76. The Morgan fingerprint density at radius 1 is 1.09 bits per heavy atom. The molecule has 7 nitrogen and oxygen atoms in total. The van der Waals surface area contributed by atoms with Crippen molar-refractivity contribution in [2.24, 2.45) is 0 Å². The lowest BCUT2D eigenvalue weighted by molar-refractivity contribution is -0.137. The number of nitrogens with zero attached hydrogens (tertiary/aromatic N) is 3. The quantitative estimate of drug-likeness (QED) is 0.601. The molecular weight excluding hydrogens is 483 g/mol. The first-order chi connectivity index (χ1) is 15.4. The number of piperazine rings is 1. The van der Waals surface area contributed by atoms with Crippen LogP contribution in [0.15, 0.2) is 42.5 Å². The molecular formula is C21H23ClF3N3O4S. The van der Waals surface area contributed by atoms with Crippen LogP contribution in [0.25, 0.3) is 0 Å². The molecule has 0 atom stereocenters. The van der Waals surface area contributed by atoms with Crippen LogP contribution in [0.3, 0.4) is 0 Å². The first-order valence-electron chi connectivity index (χ1n) is 9.91. The summed E-state index contributed by atoms with van der Waals surface area (Å²) in [5.41, 5.74) is -0.489. The summed E-state index contributed by atoms with van der Waals surface area (Å²) in [7, 11) is -2.46. The highest BCUT2D eigenvalue weighted by atomic mass is 35.5. The van der Waals surface area contributed by atoms with Gasteiger partial charge in [-0.3, -0.25) is 9.10 Å². The smallest absolute Gasteiger partial charge is 0.417 e. The number of ether oxygens (including phenoxy) is 1. The zero-order valence-corrected chi connectivity index (χ0v) is 19.5. The molecule has 0 unspecified atom stereocenters. The van der Waals surface area contributed by atoms with Crippen molar-refractivity contribution in [3.05, 3.63) is 53.1 Å². The molecule has 12 heteroatoms. The molecule has 0 aliphatic carbocycles. The van der Waals surface area contributed by atoms with Gasteiger partial charge in [-0.2, -0.15) is 13.2 Å². The van der Waals surface area contributed by atoms with E-state index in [9.17, 15) is 26.4 Å². The van der Waals surface area contributed by atoms with E-state index in [0.717, 1.165) is 29.8 Å². The number of carbonyl (C=O) groups is 1. The normalized spacial score (nSPS) is 14.8. The molecule has 0 bridgehead atoms. The standard InChI is InChI=1S/C21H23ClF3N3O4S/c1-32-17-6-3-15(4-7-17)26-9-11-27(12-10-26)20(29)14-28(33(2,30)31)16-5-8-19(22)18(13-16)21(23,24)25/h3-8,13H,9-12,14H2,1-2H3. The lowest BCUT2D eigenvalue weighted by atomic mass is 10.2. The van der Waals surface area contributed by atoms with Gasteiger partial charge in [-0.1, -0.05) is 11.6 Å². The highest BCUT2D eigenvalue weighted by Crippen LogP contribution is 2.37. The zero-order chi connectivity index (χ0) is 24.4. The molecule has 2 aromatic rings. The first kappa shape index (κ1) is 25.0. The van der Waals surface area contributed by atoms with E-state index in [1.807, 2.05) is 24.3 Å². The number of anilines is 2. The molecule has 0 aromatic heterocycles. The van der Waals surface area contributed by atoms with Crippen LogP contribution >= 0.6 is 11.6 Å². The minimum atomic E-state index is -4.77. The third-order valence-electron chi connectivity index (χ3n) is 5.29. The Bertz CT molecular complexity index is 1100. The Kier molecular flexibility index (Phi) is 7.32. The van der Waals surface area contributed by atoms with Crippen molar-refractivity contribution in [2.45, 2.75) is 6.18 Å². The van der Waals surface area contributed by atoms with Gasteiger partial charge in [-0.15, -0.1) is 0 Å². The summed E-state index contributed by atoms with van der Waals surface area (Å²) in [6.07, 6.45) is -3.93. The van der Waals surface area contributed by atoms with Gasteiger partial charge in [0.2, 0.25) is 15.9 Å². The van der Waals surface area contributed by atoms with Crippen LogP contribution in [-0.4, -0.2) is 65.3 Å². The summed E-state index contributed by atoms with van der Waals surface area (Å²) >= 11 is 5.63. The predicted molar refractivity (Wildman–Crippen MR) is 120 cm³/mol. The van der Waals surface area contributed by atoms with Crippen molar-refractivity contribution in [3.8, 4) is 5.75 Å². The van der Waals surface area contributed by atoms with Gasteiger partial charge >= 0.3 is 6.18 Å². The van der Waals surface area contributed by atoms with Crippen LogP contribution in [-0.2, 0) is 21.0 Å². The largest absolute Gasteiger partial charge is 0.497 e. The number of sulfonamides is 1. The summed E-state index contributed by atoms with van der Waals surface area (Å²) in [6.45, 7) is 1.13. The number of methoxy groups -OCH3 is 1. The number of rotatable bonds is 6. The van der Waals surface area contributed by atoms with Crippen LogP contribution in [0, 0.1) is 0 Å². The maximum absolute atomic E-state index is 13.2. The second kappa shape index (κ2) is 9.68. The monoisotopic (exact) mass is 505 g/mol. The fourth-order valence-electron chi connectivity index (χ4n) is 3.52. The SMILES string of the molecule is COc1ccc(N2CCN(C(=O)CN(c3ccc(Cl)c(C(F)(F)F)c3)S(C)(=O)=O)CC2)cc1. The van der Waals surface area contributed by atoms with Crippen molar-refractivity contribution in [3.63, 3.8) is 0 Å². The van der Waals surface area contributed by atoms with Crippen LogP contribution in [0.5, 0.6) is 5.75 Å². The average molecular weight is 506 g/mol. The van der Waals surface area contributed by atoms with E-state index >= 15 is 0 Å². The van der Waals surface area contributed by atoms with Crippen molar-refractivity contribution >= 4 is 38.9 Å². The van der Waals surface area contributed by atoms with Gasteiger partial charge in [-0.05, 0) is 42.5 Å². The fraction of sp³-hybridized carbons (Fsp3) is 0.381. The van der Waals surface area contributed by atoms with E-state index in [0.29, 0.717) is 36.6 Å². The molecule has 1 heterocycles. The summed E-state index contributed by atoms with van der Waals surface area (Å²) < 4.78 is 70.1. The number of hydrogen-bond donors (Lipinski definition) is 0. The number of halogens is 4. The molecule has 1 saturated heterocycles. The third kappa shape index (κ3) is 6.02. The van der Waals surface area contributed by atoms with E-state index in [4.69, 9.17) is 16.3 Å². The Morgan fingerprint density at radius 3 is 2.21 bits per heavy atom. The lowest BCUT2D eigenvalue weighted by Gasteiger charge is -2.37. The van der Waals surface area contributed by atoms with Crippen LogP contribution in [0.2, 0.25) is 5.02 Å². The Balaban J connectivity index is 1.72. The summed E-state index contributed by atoms with van der Waals surface area (Å²) in [6, 6.07) is 10.2. The Hall–Kier alpha value is -2.66. The number of amides is 1. The maximum Gasteiger partial charge on any atom is 0.417 e. The lowest BCUT2D eigenvalue weighted by Crippen LogP contribution is -2.52. The Labute approximate surface area is 195 Å². The minimum absolute atomic E-state index is 0.278. The number of hydrogen-bond acceptors (Lipinski definition) is 5. The molecule has 0 saturated carbocycles.